The van der Waals surface area contributed by atoms with Gasteiger partial charge < -0.3 is 15.0 Å². The third-order valence-corrected chi connectivity index (χ3v) is 4.42. The molecule has 0 aliphatic heterocycles. The van der Waals surface area contributed by atoms with Crippen molar-refractivity contribution in [3.05, 3.63) is 21.5 Å². The van der Waals surface area contributed by atoms with Gasteiger partial charge in [0.2, 0.25) is 5.95 Å². The molecule has 1 aliphatic carbocycles. The first-order valence-corrected chi connectivity index (χ1v) is 7.42. The molecule has 102 valence electrons. The molecule has 0 spiro atoms. The number of anilines is 1. The first kappa shape index (κ1) is 13.1. The molecular formula is C13H15FIN3O. The summed E-state index contributed by atoms with van der Waals surface area (Å²) < 4.78 is 21.8. The largest absolute Gasteiger partial charge is 0.378 e. The molecule has 1 aromatic heterocycles. The van der Waals surface area contributed by atoms with Gasteiger partial charge in [0.15, 0.2) is 0 Å². The fourth-order valence-corrected chi connectivity index (χ4v) is 3.06. The number of aromatic nitrogens is 2. The van der Waals surface area contributed by atoms with E-state index in [1.807, 2.05) is 34.1 Å². The van der Waals surface area contributed by atoms with Gasteiger partial charge in [-0.2, -0.15) is 0 Å². The number of nitrogen functional groups attached to an aromatic ring is 1. The van der Waals surface area contributed by atoms with E-state index in [4.69, 9.17) is 10.5 Å². The number of hydrogen-bond acceptors (Lipinski definition) is 3. The quantitative estimate of drug-likeness (QED) is 0.839. The lowest BCUT2D eigenvalue weighted by atomic mass is 9.89. The van der Waals surface area contributed by atoms with Crippen LogP contribution in [0, 0.1) is 9.39 Å². The molecule has 1 aromatic carbocycles. The number of hydrogen-bond donors (Lipinski definition) is 1. The second-order valence-corrected chi connectivity index (χ2v) is 5.96. The van der Waals surface area contributed by atoms with Crippen LogP contribution in [0.3, 0.4) is 0 Å². The number of ether oxygens (including phenoxy) is 1. The second kappa shape index (κ2) is 4.90. The molecule has 1 saturated carbocycles. The van der Waals surface area contributed by atoms with Gasteiger partial charge in [-0.1, -0.05) is 0 Å². The highest BCUT2D eigenvalue weighted by Crippen LogP contribution is 2.38. The van der Waals surface area contributed by atoms with Crippen molar-refractivity contribution < 1.29 is 9.13 Å². The maximum atomic E-state index is 13.7. The van der Waals surface area contributed by atoms with Gasteiger partial charge in [0, 0.05) is 18.7 Å². The molecule has 2 N–H and O–H groups in total. The molecule has 1 heterocycles. The molecule has 1 fully saturated rings. The van der Waals surface area contributed by atoms with Gasteiger partial charge in [0.1, 0.15) is 5.82 Å². The van der Waals surface area contributed by atoms with E-state index in [0.717, 1.165) is 30.5 Å². The van der Waals surface area contributed by atoms with Gasteiger partial charge in [-0.15, -0.1) is 0 Å². The van der Waals surface area contributed by atoms with Crippen LogP contribution in [0.2, 0.25) is 0 Å². The summed E-state index contributed by atoms with van der Waals surface area (Å²) in [6.07, 6.45) is 2.12. The third-order valence-electron chi connectivity index (χ3n) is 3.60. The number of benzene rings is 1. The van der Waals surface area contributed by atoms with Crippen LogP contribution in [0.25, 0.3) is 11.0 Å². The van der Waals surface area contributed by atoms with Gasteiger partial charge in [-0.05, 0) is 48.4 Å². The zero-order valence-corrected chi connectivity index (χ0v) is 12.7. The second-order valence-electron chi connectivity index (χ2n) is 4.80. The Morgan fingerprint density at radius 1 is 1.53 bits per heavy atom. The summed E-state index contributed by atoms with van der Waals surface area (Å²) >= 11 is 1.96. The number of halogens is 2. The molecular weight excluding hydrogens is 360 g/mol. The minimum absolute atomic E-state index is 0.227. The Hall–Kier alpha value is -0.890. The molecule has 6 heteroatoms. The van der Waals surface area contributed by atoms with Gasteiger partial charge in [0.05, 0.1) is 20.7 Å². The molecule has 0 atom stereocenters. The zero-order valence-electron chi connectivity index (χ0n) is 10.6. The number of fused-ring (bicyclic) bond motifs is 1. The van der Waals surface area contributed by atoms with Crippen LogP contribution in [-0.2, 0) is 4.74 Å². The molecule has 0 amide bonds. The summed E-state index contributed by atoms with van der Waals surface area (Å²) in [7, 11) is 0. The fraction of sp³-hybridized carbons (Fsp3) is 0.462. The molecule has 4 nitrogen and oxygen atoms in total. The molecule has 0 saturated heterocycles. The highest BCUT2D eigenvalue weighted by molar-refractivity contribution is 14.1. The summed E-state index contributed by atoms with van der Waals surface area (Å²) in [6.45, 7) is 2.72. The topological polar surface area (TPSA) is 53.1 Å². The van der Waals surface area contributed by atoms with Crippen molar-refractivity contribution in [2.45, 2.75) is 31.9 Å². The average Bonchev–Trinajstić information content (AvgIpc) is 2.60. The Labute approximate surface area is 124 Å². The summed E-state index contributed by atoms with van der Waals surface area (Å²) in [4.78, 5) is 4.32. The minimum Gasteiger partial charge on any atom is -0.378 e. The van der Waals surface area contributed by atoms with Crippen LogP contribution >= 0.6 is 22.6 Å². The van der Waals surface area contributed by atoms with Crippen LogP contribution in [0.5, 0.6) is 0 Å². The Bertz CT molecular complexity index is 622. The van der Waals surface area contributed by atoms with Crippen molar-refractivity contribution in [1.29, 1.82) is 0 Å². The van der Waals surface area contributed by atoms with Crippen LogP contribution in [0.1, 0.15) is 25.8 Å². The van der Waals surface area contributed by atoms with E-state index in [9.17, 15) is 4.39 Å². The first-order valence-electron chi connectivity index (χ1n) is 6.34. The Balaban J connectivity index is 1.96. The Morgan fingerprint density at radius 2 is 2.26 bits per heavy atom. The van der Waals surface area contributed by atoms with Gasteiger partial charge in [-0.25, -0.2) is 9.37 Å². The summed E-state index contributed by atoms with van der Waals surface area (Å²) in [5, 5.41) is 0. The number of nitrogens with two attached hydrogens (primary N) is 1. The minimum atomic E-state index is -0.227. The highest BCUT2D eigenvalue weighted by atomic mass is 127. The van der Waals surface area contributed by atoms with Crippen molar-refractivity contribution in [3.63, 3.8) is 0 Å². The smallest absolute Gasteiger partial charge is 0.201 e. The van der Waals surface area contributed by atoms with Crippen LogP contribution in [-0.4, -0.2) is 22.3 Å². The maximum Gasteiger partial charge on any atom is 0.201 e. The van der Waals surface area contributed by atoms with Gasteiger partial charge >= 0.3 is 0 Å². The lowest BCUT2D eigenvalue weighted by molar-refractivity contribution is -0.0182. The highest BCUT2D eigenvalue weighted by Gasteiger charge is 2.33. The van der Waals surface area contributed by atoms with E-state index in [2.05, 4.69) is 4.98 Å². The van der Waals surface area contributed by atoms with E-state index < -0.39 is 0 Å². The van der Waals surface area contributed by atoms with E-state index >= 15 is 0 Å². The van der Waals surface area contributed by atoms with E-state index in [0.29, 0.717) is 15.6 Å². The van der Waals surface area contributed by atoms with Crippen LogP contribution in [0.4, 0.5) is 10.3 Å². The summed E-state index contributed by atoms with van der Waals surface area (Å²) in [6, 6.07) is 3.52. The molecule has 2 aromatic rings. The van der Waals surface area contributed by atoms with Crippen molar-refractivity contribution in [3.8, 4) is 0 Å². The SMILES string of the molecule is CCOC1CC(n2c(N)nc3cc(I)c(F)cc32)C1. The van der Waals surface area contributed by atoms with E-state index in [1.165, 1.54) is 6.07 Å². The standard InChI is InChI=1S/C13H15FIN3O/c1-2-19-8-3-7(4-8)18-12-5-9(14)10(15)6-11(12)17-13(18)16/h5-8H,2-4H2,1H3,(H2,16,17). The summed E-state index contributed by atoms with van der Waals surface area (Å²) in [5.74, 6) is 0.228. The summed E-state index contributed by atoms with van der Waals surface area (Å²) in [5.41, 5.74) is 7.50. The predicted octanol–water partition coefficient (Wildman–Crippen LogP) is 3.10. The Kier molecular flexibility index (Phi) is 3.38. The molecule has 0 radical (unpaired) electrons. The molecule has 0 unspecified atom stereocenters. The van der Waals surface area contributed by atoms with Crippen LogP contribution in [0.15, 0.2) is 12.1 Å². The fourth-order valence-electron chi connectivity index (χ4n) is 2.61. The average molecular weight is 375 g/mol. The van der Waals surface area contributed by atoms with Crippen molar-refractivity contribution in [1.82, 2.24) is 9.55 Å². The number of nitrogens with zero attached hydrogens (tertiary/aromatic N) is 2. The molecule has 3 rings (SSSR count). The number of imidazole rings is 1. The van der Waals surface area contributed by atoms with Crippen molar-refractivity contribution in [2.75, 3.05) is 12.3 Å². The lowest BCUT2D eigenvalue weighted by Gasteiger charge is -2.36. The van der Waals surface area contributed by atoms with Crippen molar-refractivity contribution >= 4 is 39.6 Å². The van der Waals surface area contributed by atoms with Crippen molar-refractivity contribution in [2.24, 2.45) is 0 Å². The maximum absolute atomic E-state index is 13.7. The van der Waals surface area contributed by atoms with Gasteiger partial charge in [0.25, 0.3) is 0 Å². The van der Waals surface area contributed by atoms with E-state index in [1.54, 1.807) is 6.07 Å². The lowest BCUT2D eigenvalue weighted by Crippen LogP contribution is -2.33. The van der Waals surface area contributed by atoms with E-state index in [-0.39, 0.29) is 11.9 Å². The van der Waals surface area contributed by atoms with Crippen LogP contribution < -0.4 is 5.73 Å². The zero-order chi connectivity index (χ0) is 13.6. The third kappa shape index (κ3) is 2.20. The number of rotatable bonds is 3. The Morgan fingerprint density at radius 3 is 2.95 bits per heavy atom. The first-order chi connectivity index (χ1) is 9.10. The van der Waals surface area contributed by atoms with Gasteiger partial charge in [-0.3, -0.25) is 0 Å². The monoisotopic (exact) mass is 375 g/mol. The molecule has 1 aliphatic rings. The predicted molar refractivity (Wildman–Crippen MR) is 80.5 cm³/mol. The normalized spacial score (nSPS) is 22.7. The molecule has 19 heavy (non-hydrogen) atoms. The molecule has 0 bridgehead atoms.